The van der Waals surface area contributed by atoms with Crippen LogP contribution in [0.2, 0.25) is 0 Å². The molecule has 7 heteroatoms. The van der Waals surface area contributed by atoms with Crippen molar-refractivity contribution in [2.75, 3.05) is 16.9 Å². The van der Waals surface area contributed by atoms with Crippen LogP contribution in [0.25, 0.3) is 0 Å². The number of benzene rings is 1. The molecule has 0 fully saturated rings. The maximum Gasteiger partial charge on any atom is 0.234 e. The van der Waals surface area contributed by atoms with Crippen LogP contribution in [-0.4, -0.2) is 26.5 Å². The van der Waals surface area contributed by atoms with Crippen molar-refractivity contribution in [1.82, 2.24) is 14.9 Å². The van der Waals surface area contributed by atoms with Crippen molar-refractivity contribution in [2.45, 2.75) is 102 Å². The number of aromatic nitrogens is 3. The molecule has 0 aliphatic heterocycles. The van der Waals surface area contributed by atoms with Gasteiger partial charge in [-0.2, -0.15) is 0 Å². The monoisotopic (exact) mass is 485 g/mol. The third-order valence-electron chi connectivity index (χ3n) is 5.79. The predicted molar refractivity (Wildman–Crippen MR) is 145 cm³/mol. The van der Waals surface area contributed by atoms with Gasteiger partial charge in [0.15, 0.2) is 5.82 Å². The van der Waals surface area contributed by atoms with Crippen LogP contribution in [0.5, 0.6) is 0 Å². The van der Waals surface area contributed by atoms with Crippen molar-refractivity contribution >= 4 is 23.4 Å². The van der Waals surface area contributed by atoms with E-state index < -0.39 is 0 Å². The second kappa shape index (κ2) is 18.1. The number of hydrogen-bond donors (Lipinski definition) is 2. The van der Waals surface area contributed by atoms with Crippen molar-refractivity contribution in [3.05, 3.63) is 48.3 Å². The van der Waals surface area contributed by atoms with Gasteiger partial charge in [-0.1, -0.05) is 100 Å². The Morgan fingerprint density at radius 1 is 0.912 bits per heavy atom. The van der Waals surface area contributed by atoms with Gasteiger partial charge in [-0.05, 0) is 44.2 Å². The first-order valence-electron chi connectivity index (χ1n) is 13.0. The minimum absolute atomic E-state index is 0.0852. The Labute approximate surface area is 210 Å². The molecular formula is C27H43N5OS. The second-order valence-corrected chi connectivity index (χ2v) is 9.75. The molecule has 0 unspecified atom stereocenters. The second-order valence-electron chi connectivity index (χ2n) is 8.81. The number of carbonyl (C=O) groups is 1. The molecule has 2 rings (SSSR count). The largest absolute Gasteiger partial charge is 0.336 e. The maximum absolute atomic E-state index is 12.1. The average Bonchev–Trinajstić information content (AvgIpc) is 3.20. The lowest BCUT2D eigenvalue weighted by molar-refractivity contribution is -0.113. The quantitative estimate of drug-likeness (QED) is 0.0977. The van der Waals surface area contributed by atoms with Crippen molar-refractivity contribution < 1.29 is 4.79 Å². The number of nitrogens with two attached hydrogens (primary N) is 1. The highest BCUT2D eigenvalue weighted by Crippen LogP contribution is 2.17. The molecule has 1 aromatic heterocycles. The van der Waals surface area contributed by atoms with Gasteiger partial charge in [-0.3, -0.25) is 4.79 Å². The number of anilines is 1. The Morgan fingerprint density at radius 2 is 1.53 bits per heavy atom. The number of carbonyl (C=O) groups excluding carboxylic acids is 1. The third kappa shape index (κ3) is 12.3. The number of amides is 1. The van der Waals surface area contributed by atoms with E-state index in [1.807, 2.05) is 30.3 Å². The lowest BCUT2D eigenvalue weighted by Crippen LogP contribution is -2.17. The van der Waals surface area contributed by atoms with Gasteiger partial charge < -0.3 is 11.2 Å². The number of nitrogens with zero attached hydrogens (tertiary/aromatic N) is 3. The summed E-state index contributed by atoms with van der Waals surface area (Å²) in [5.74, 6) is 7.08. The molecule has 6 nitrogen and oxygen atoms in total. The number of hydrogen-bond acceptors (Lipinski definition) is 5. The van der Waals surface area contributed by atoms with E-state index in [1.54, 1.807) is 0 Å². The first-order chi connectivity index (χ1) is 16.7. The molecule has 0 aliphatic rings. The van der Waals surface area contributed by atoms with Crippen LogP contribution in [-0.2, 0) is 11.2 Å². The zero-order valence-corrected chi connectivity index (χ0v) is 21.7. The van der Waals surface area contributed by atoms with Crippen molar-refractivity contribution in [3.8, 4) is 0 Å². The summed E-state index contributed by atoms with van der Waals surface area (Å²) in [5.41, 5.74) is 0.784. The van der Waals surface area contributed by atoms with Crippen molar-refractivity contribution in [3.63, 3.8) is 0 Å². The van der Waals surface area contributed by atoms with Crippen LogP contribution in [0.4, 0.5) is 5.69 Å². The Bertz CT molecular complexity index is 822. The number of unbranched alkanes of at least 4 members (excludes halogenated alkanes) is 11. The normalized spacial score (nSPS) is 11.3. The molecule has 0 saturated carbocycles. The van der Waals surface area contributed by atoms with E-state index in [-0.39, 0.29) is 11.7 Å². The number of nitrogen functional groups attached to an aromatic ring is 1. The van der Waals surface area contributed by atoms with E-state index >= 15 is 0 Å². The molecule has 34 heavy (non-hydrogen) atoms. The zero-order chi connectivity index (χ0) is 24.3. The number of para-hydroxylation sites is 1. The first kappa shape index (κ1) is 28.0. The van der Waals surface area contributed by atoms with E-state index in [4.69, 9.17) is 5.84 Å². The Balaban J connectivity index is 1.48. The Hall–Kier alpha value is -2.28. The fraction of sp³-hybridized carbons (Fsp3) is 0.593. The van der Waals surface area contributed by atoms with Crippen LogP contribution in [0.15, 0.2) is 47.6 Å². The molecule has 1 aromatic carbocycles. The number of nitrogens with one attached hydrogen (secondary N) is 1. The number of aryl methyl sites for hydroxylation is 1. The average molecular weight is 486 g/mol. The Morgan fingerprint density at radius 3 is 2.21 bits per heavy atom. The molecule has 0 bridgehead atoms. The minimum Gasteiger partial charge on any atom is -0.336 e. The summed E-state index contributed by atoms with van der Waals surface area (Å²) >= 11 is 1.30. The van der Waals surface area contributed by atoms with E-state index in [0.717, 1.165) is 24.4 Å². The van der Waals surface area contributed by atoms with E-state index in [0.29, 0.717) is 5.16 Å². The summed E-state index contributed by atoms with van der Waals surface area (Å²) in [5, 5.41) is 11.8. The van der Waals surface area contributed by atoms with Gasteiger partial charge in [0.25, 0.3) is 0 Å². The fourth-order valence-electron chi connectivity index (χ4n) is 3.78. The molecule has 0 atom stereocenters. The van der Waals surface area contributed by atoms with Crippen molar-refractivity contribution in [2.24, 2.45) is 0 Å². The van der Waals surface area contributed by atoms with Crippen LogP contribution in [0.3, 0.4) is 0 Å². The van der Waals surface area contributed by atoms with Gasteiger partial charge in [-0.15, -0.1) is 10.2 Å². The molecule has 3 N–H and O–H groups in total. The SMILES string of the molecule is CCCCCCCCC=CCCCCCCCc1nnc(SCC(=O)Nc2ccccc2)n1N. The third-order valence-corrected chi connectivity index (χ3v) is 6.73. The van der Waals surface area contributed by atoms with Gasteiger partial charge in [-0.25, -0.2) is 4.68 Å². The maximum atomic E-state index is 12.1. The standard InChI is InChI=1S/C27H43N5OS/c1-2-3-4-5-6-7-8-9-10-11-12-13-14-15-19-22-25-30-31-27(32(25)28)34-23-26(33)29-24-20-17-16-18-21-24/h9-10,16-18,20-21H,2-8,11-15,19,22-23,28H2,1H3,(H,29,33). The topological polar surface area (TPSA) is 85.8 Å². The highest BCUT2D eigenvalue weighted by Gasteiger charge is 2.12. The van der Waals surface area contributed by atoms with Crippen LogP contribution in [0, 0.1) is 0 Å². The van der Waals surface area contributed by atoms with Gasteiger partial charge in [0.05, 0.1) is 5.75 Å². The molecule has 1 heterocycles. The number of rotatable bonds is 19. The Kier molecular flexibility index (Phi) is 14.9. The van der Waals surface area contributed by atoms with Gasteiger partial charge in [0, 0.05) is 12.1 Å². The summed E-state index contributed by atoms with van der Waals surface area (Å²) in [6.45, 7) is 2.27. The van der Waals surface area contributed by atoms with Gasteiger partial charge in [0.2, 0.25) is 11.1 Å². The highest BCUT2D eigenvalue weighted by atomic mass is 32.2. The van der Waals surface area contributed by atoms with Gasteiger partial charge >= 0.3 is 0 Å². The molecule has 0 spiro atoms. The summed E-state index contributed by atoms with van der Waals surface area (Å²) in [4.78, 5) is 12.1. The molecular weight excluding hydrogens is 442 g/mol. The van der Waals surface area contributed by atoms with Crippen molar-refractivity contribution in [1.29, 1.82) is 0 Å². The first-order valence-corrected chi connectivity index (χ1v) is 14.0. The molecule has 0 radical (unpaired) electrons. The van der Waals surface area contributed by atoms with E-state index in [9.17, 15) is 4.79 Å². The zero-order valence-electron chi connectivity index (χ0n) is 20.9. The molecule has 0 aliphatic carbocycles. The van der Waals surface area contributed by atoms with E-state index in [1.165, 1.54) is 93.5 Å². The summed E-state index contributed by atoms with van der Waals surface area (Å²) < 4.78 is 1.52. The minimum atomic E-state index is -0.0852. The number of allylic oxidation sites excluding steroid dienone is 2. The fourth-order valence-corrected chi connectivity index (χ4v) is 4.45. The van der Waals surface area contributed by atoms with E-state index in [2.05, 4.69) is 34.6 Å². The lowest BCUT2D eigenvalue weighted by Gasteiger charge is -2.05. The smallest absolute Gasteiger partial charge is 0.234 e. The number of thioether (sulfide) groups is 1. The summed E-state index contributed by atoms with van der Waals surface area (Å²) in [6.07, 6.45) is 22.2. The van der Waals surface area contributed by atoms with Crippen LogP contribution >= 0.6 is 11.8 Å². The van der Waals surface area contributed by atoms with Crippen LogP contribution in [0.1, 0.15) is 96.2 Å². The molecule has 188 valence electrons. The molecule has 2 aromatic rings. The molecule has 0 saturated heterocycles. The summed E-state index contributed by atoms with van der Waals surface area (Å²) in [6, 6.07) is 9.42. The molecule has 1 amide bonds. The van der Waals surface area contributed by atoms with Crippen LogP contribution < -0.4 is 11.2 Å². The lowest BCUT2D eigenvalue weighted by atomic mass is 10.1. The summed E-state index contributed by atoms with van der Waals surface area (Å²) in [7, 11) is 0. The highest BCUT2D eigenvalue weighted by molar-refractivity contribution is 7.99. The van der Waals surface area contributed by atoms with Gasteiger partial charge in [0.1, 0.15) is 0 Å². The predicted octanol–water partition coefficient (Wildman–Crippen LogP) is 6.91.